The van der Waals surface area contributed by atoms with Crippen molar-refractivity contribution in [2.75, 3.05) is 0 Å². The highest BCUT2D eigenvalue weighted by Crippen LogP contribution is 1.77. The van der Waals surface area contributed by atoms with Gasteiger partial charge in [0.05, 0.1) is 0 Å². The highest BCUT2D eigenvalue weighted by Gasteiger charge is 1.68. The van der Waals surface area contributed by atoms with Crippen LogP contribution in [0.1, 0.15) is 19.8 Å². The molecule has 3 nitrogen and oxygen atoms in total. The zero-order valence-corrected chi connectivity index (χ0v) is 4.39. The van der Waals surface area contributed by atoms with E-state index in [1.54, 1.807) is 11.8 Å². The first-order chi connectivity index (χ1) is 3.41. The summed E-state index contributed by atoms with van der Waals surface area (Å²) in [6.07, 6.45) is 3.60. The van der Waals surface area contributed by atoms with Crippen molar-refractivity contribution < 1.29 is 5.21 Å². The van der Waals surface area contributed by atoms with Crippen LogP contribution in [0.15, 0.2) is 5.10 Å². The Balaban J connectivity index is 2.78. The summed E-state index contributed by atoms with van der Waals surface area (Å²) in [5.74, 6) is 0. The molecular weight excluding hydrogens is 92.1 g/mol. The maximum Gasteiger partial charge on any atom is 0.0267 e. The lowest BCUT2D eigenvalue weighted by Crippen LogP contribution is -1.94. The van der Waals surface area contributed by atoms with Gasteiger partial charge in [-0.3, -0.25) is 5.21 Å². The number of hydrogen-bond acceptors (Lipinski definition) is 3. The van der Waals surface area contributed by atoms with E-state index in [2.05, 4.69) is 5.10 Å². The Hall–Kier alpha value is -0.570. The minimum atomic E-state index is 0.910. The zero-order chi connectivity index (χ0) is 5.54. The Morgan fingerprint density at radius 1 is 1.86 bits per heavy atom. The Bertz CT molecular complexity index is 53.7. The molecule has 0 saturated carbocycles. The number of nitrogens with zero attached hydrogens (tertiary/aromatic N) is 1. The van der Waals surface area contributed by atoms with E-state index in [1.807, 2.05) is 6.92 Å². The number of hydrazone groups is 1. The monoisotopic (exact) mass is 102 g/mol. The maximum absolute atomic E-state index is 7.84. The van der Waals surface area contributed by atoms with E-state index in [1.165, 1.54) is 0 Å². The average molecular weight is 102 g/mol. The molecule has 0 heterocycles. The van der Waals surface area contributed by atoms with Crippen molar-refractivity contribution in [2.45, 2.75) is 19.8 Å². The van der Waals surface area contributed by atoms with Crippen LogP contribution >= 0.6 is 0 Å². The van der Waals surface area contributed by atoms with Crippen LogP contribution in [-0.2, 0) is 0 Å². The van der Waals surface area contributed by atoms with Gasteiger partial charge in [0.25, 0.3) is 0 Å². The first-order valence-electron chi connectivity index (χ1n) is 2.32. The summed E-state index contributed by atoms with van der Waals surface area (Å²) in [6, 6.07) is 0. The molecule has 3 heteroatoms. The van der Waals surface area contributed by atoms with Crippen LogP contribution in [0.2, 0.25) is 0 Å². The van der Waals surface area contributed by atoms with Crippen molar-refractivity contribution in [3.63, 3.8) is 0 Å². The summed E-state index contributed by atoms with van der Waals surface area (Å²) < 4.78 is 0. The first-order valence-corrected chi connectivity index (χ1v) is 2.32. The van der Waals surface area contributed by atoms with Crippen LogP contribution in [0.3, 0.4) is 0 Å². The van der Waals surface area contributed by atoms with Gasteiger partial charge in [0.1, 0.15) is 0 Å². The largest absolute Gasteiger partial charge is 0.274 e. The SMILES string of the molecule is CCC/C=N\NO. The fraction of sp³-hybridized carbons (Fsp3) is 0.750. The minimum Gasteiger partial charge on any atom is -0.274 e. The molecule has 0 fully saturated rings. The molecule has 0 aromatic rings. The van der Waals surface area contributed by atoms with E-state index in [9.17, 15) is 0 Å². The van der Waals surface area contributed by atoms with Gasteiger partial charge in [0.15, 0.2) is 0 Å². The van der Waals surface area contributed by atoms with E-state index in [4.69, 9.17) is 5.21 Å². The summed E-state index contributed by atoms with van der Waals surface area (Å²) in [7, 11) is 0. The summed E-state index contributed by atoms with van der Waals surface area (Å²) in [6.45, 7) is 2.05. The van der Waals surface area contributed by atoms with E-state index in [-0.39, 0.29) is 0 Å². The molecule has 0 unspecified atom stereocenters. The zero-order valence-electron chi connectivity index (χ0n) is 4.39. The van der Waals surface area contributed by atoms with Gasteiger partial charge in [-0.2, -0.15) is 10.7 Å². The third-order valence-electron chi connectivity index (χ3n) is 0.567. The maximum atomic E-state index is 7.84. The van der Waals surface area contributed by atoms with Crippen molar-refractivity contribution in [1.82, 2.24) is 5.59 Å². The molecule has 0 aliphatic heterocycles. The van der Waals surface area contributed by atoms with Gasteiger partial charge in [-0.05, 0) is 6.42 Å². The van der Waals surface area contributed by atoms with E-state index >= 15 is 0 Å². The summed E-state index contributed by atoms with van der Waals surface area (Å²) in [5.41, 5.74) is 1.67. The topological polar surface area (TPSA) is 44.6 Å². The third kappa shape index (κ3) is 5.43. The average Bonchev–Trinajstić information content (AvgIpc) is 1.69. The molecule has 2 N–H and O–H groups in total. The Morgan fingerprint density at radius 2 is 2.57 bits per heavy atom. The molecular formula is C4H10N2O. The summed E-state index contributed by atoms with van der Waals surface area (Å²) >= 11 is 0. The molecule has 7 heavy (non-hydrogen) atoms. The molecule has 0 aromatic carbocycles. The molecule has 0 amide bonds. The molecule has 0 rings (SSSR count). The van der Waals surface area contributed by atoms with Crippen molar-refractivity contribution in [3.8, 4) is 0 Å². The highest BCUT2D eigenvalue weighted by molar-refractivity contribution is 5.56. The standard InChI is InChI=1S/C4H10N2O/c1-2-3-4-5-6-7/h4,6-7H,2-3H2,1H3/b5-4-. The fourth-order valence-electron chi connectivity index (χ4n) is 0.234. The number of rotatable bonds is 3. The second-order valence-electron chi connectivity index (χ2n) is 1.20. The molecule has 42 valence electrons. The van der Waals surface area contributed by atoms with E-state index < -0.39 is 0 Å². The van der Waals surface area contributed by atoms with Gasteiger partial charge >= 0.3 is 0 Å². The molecule has 0 aliphatic carbocycles. The van der Waals surface area contributed by atoms with Crippen LogP contribution in [-0.4, -0.2) is 11.4 Å². The number of hydrogen-bond donors (Lipinski definition) is 2. The fourth-order valence-corrected chi connectivity index (χ4v) is 0.234. The van der Waals surface area contributed by atoms with Crippen molar-refractivity contribution >= 4 is 6.21 Å². The molecule has 0 atom stereocenters. The lowest BCUT2D eigenvalue weighted by Gasteiger charge is -1.81. The normalized spacial score (nSPS) is 10.0. The van der Waals surface area contributed by atoms with Gasteiger partial charge < -0.3 is 0 Å². The van der Waals surface area contributed by atoms with Gasteiger partial charge in [-0.25, -0.2) is 0 Å². The molecule has 0 radical (unpaired) electrons. The Labute approximate surface area is 43.0 Å². The van der Waals surface area contributed by atoms with Crippen LogP contribution in [0.4, 0.5) is 0 Å². The lowest BCUT2D eigenvalue weighted by molar-refractivity contribution is 0.172. The second-order valence-corrected chi connectivity index (χ2v) is 1.20. The smallest absolute Gasteiger partial charge is 0.0267 e. The highest BCUT2D eigenvalue weighted by atomic mass is 16.5. The Kier molecular flexibility index (Phi) is 4.99. The third-order valence-corrected chi connectivity index (χ3v) is 0.567. The summed E-state index contributed by atoms with van der Waals surface area (Å²) in [5, 5.41) is 11.2. The molecule has 0 saturated heterocycles. The predicted molar refractivity (Wildman–Crippen MR) is 28.3 cm³/mol. The van der Waals surface area contributed by atoms with Gasteiger partial charge in [-0.15, -0.1) is 0 Å². The van der Waals surface area contributed by atoms with E-state index in [0.29, 0.717) is 0 Å². The van der Waals surface area contributed by atoms with Gasteiger partial charge in [0, 0.05) is 6.21 Å². The quantitative estimate of drug-likeness (QED) is 0.408. The number of nitrogens with one attached hydrogen (secondary N) is 1. The van der Waals surface area contributed by atoms with Crippen molar-refractivity contribution in [1.29, 1.82) is 0 Å². The Morgan fingerprint density at radius 3 is 3.00 bits per heavy atom. The van der Waals surface area contributed by atoms with Crippen molar-refractivity contribution in [2.24, 2.45) is 5.10 Å². The van der Waals surface area contributed by atoms with Crippen LogP contribution in [0.5, 0.6) is 0 Å². The lowest BCUT2D eigenvalue weighted by atomic mass is 10.4. The van der Waals surface area contributed by atoms with Gasteiger partial charge in [0.2, 0.25) is 0 Å². The first kappa shape index (κ1) is 6.43. The molecule has 0 spiro atoms. The minimum absolute atomic E-state index is 0.910. The van der Waals surface area contributed by atoms with Crippen LogP contribution in [0, 0.1) is 0 Å². The van der Waals surface area contributed by atoms with Crippen LogP contribution in [0.25, 0.3) is 0 Å². The molecule has 0 bridgehead atoms. The summed E-state index contributed by atoms with van der Waals surface area (Å²) in [4.78, 5) is 0. The predicted octanol–water partition coefficient (Wildman–Crippen LogP) is 0.751. The van der Waals surface area contributed by atoms with E-state index in [0.717, 1.165) is 12.8 Å². The van der Waals surface area contributed by atoms with Crippen LogP contribution < -0.4 is 5.59 Å². The number of unbranched alkanes of at least 4 members (excludes halogenated alkanes) is 1. The molecule has 0 aliphatic rings. The molecule has 0 aromatic heterocycles. The van der Waals surface area contributed by atoms with Gasteiger partial charge in [-0.1, -0.05) is 13.3 Å². The van der Waals surface area contributed by atoms with Crippen molar-refractivity contribution in [3.05, 3.63) is 0 Å². The second kappa shape index (κ2) is 5.43.